The van der Waals surface area contributed by atoms with Crippen molar-refractivity contribution in [3.8, 4) is 5.75 Å². The Morgan fingerprint density at radius 1 is 1.30 bits per heavy atom. The molecule has 3 rings (SSSR count). The predicted octanol–water partition coefficient (Wildman–Crippen LogP) is 1.78. The summed E-state index contributed by atoms with van der Waals surface area (Å²) in [6.07, 6.45) is 2.12. The number of rotatable bonds is 2. The number of nitrogens with two attached hydrogens (primary N) is 1. The number of benzene rings is 1. The standard InChI is InChI=1S/C16H24N2O2/c1-13-16(6-9-18(10-7-16)11-8-17)19-12-14-4-2-3-5-15(14)20-13/h2-5,13H,6-12,17H2,1H3. The van der Waals surface area contributed by atoms with Gasteiger partial charge in [-0.1, -0.05) is 18.2 Å². The zero-order valence-electron chi connectivity index (χ0n) is 12.2. The molecule has 20 heavy (non-hydrogen) atoms. The third kappa shape index (κ3) is 2.55. The number of ether oxygens (including phenoxy) is 2. The van der Waals surface area contributed by atoms with Crippen molar-refractivity contribution in [2.75, 3.05) is 26.2 Å². The molecule has 1 aromatic rings. The summed E-state index contributed by atoms with van der Waals surface area (Å²) in [5.74, 6) is 0.973. The van der Waals surface area contributed by atoms with Crippen LogP contribution < -0.4 is 10.5 Å². The summed E-state index contributed by atoms with van der Waals surface area (Å²) in [4.78, 5) is 2.42. The molecule has 2 N–H and O–H groups in total. The molecule has 2 heterocycles. The second-order valence-electron chi connectivity index (χ2n) is 5.85. The molecule has 0 amide bonds. The lowest BCUT2D eigenvalue weighted by Crippen LogP contribution is -2.53. The van der Waals surface area contributed by atoms with Crippen molar-refractivity contribution in [2.24, 2.45) is 5.73 Å². The van der Waals surface area contributed by atoms with Crippen LogP contribution in [0.2, 0.25) is 0 Å². The van der Waals surface area contributed by atoms with Gasteiger partial charge in [0.1, 0.15) is 17.5 Å². The van der Waals surface area contributed by atoms with Crippen LogP contribution in [0, 0.1) is 0 Å². The van der Waals surface area contributed by atoms with Gasteiger partial charge in [-0.05, 0) is 25.8 Å². The molecule has 0 radical (unpaired) electrons. The zero-order chi connectivity index (χ0) is 14.0. The number of hydrogen-bond donors (Lipinski definition) is 1. The average molecular weight is 276 g/mol. The van der Waals surface area contributed by atoms with Crippen LogP contribution in [0.25, 0.3) is 0 Å². The minimum atomic E-state index is -0.149. The predicted molar refractivity (Wildman–Crippen MR) is 78.8 cm³/mol. The molecular formula is C16H24N2O2. The van der Waals surface area contributed by atoms with Crippen molar-refractivity contribution in [1.29, 1.82) is 0 Å². The van der Waals surface area contributed by atoms with E-state index >= 15 is 0 Å². The van der Waals surface area contributed by atoms with Gasteiger partial charge in [0, 0.05) is 31.7 Å². The maximum Gasteiger partial charge on any atom is 0.125 e. The molecular weight excluding hydrogens is 252 g/mol. The highest BCUT2D eigenvalue weighted by Crippen LogP contribution is 2.37. The van der Waals surface area contributed by atoms with Crippen molar-refractivity contribution in [1.82, 2.24) is 4.90 Å². The SMILES string of the molecule is CC1Oc2ccccc2COC12CCN(CCN)CC2. The number of hydrogen-bond acceptors (Lipinski definition) is 4. The van der Waals surface area contributed by atoms with Gasteiger partial charge in [0.15, 0.2) is 0 Å². The Bertz CT molecular complexity index is 456. The summed E-state index contributed by atoms with van der Waals surface area (Å²) in [6.45, 7) is 6.58. The fourth-order valence-electron chi connectivity index (χ4n) is 3.26. The second kappa shape index (κ2) is 5.72. The van der Waals surface area contributed by atoms with Crippen molar-refractivity contribution in [3.05, 3.63) is 29.8 Å². The molecule has 2 aliphatic rings. The van der Waals surface area contributed by atoms with Crippen molar-refractivity contribution < 1.29 is 9.47 Å². The summed E-state index contributed by atoms with van der Waals surface area (Å²) in [5, 5.41) is 0. The first-order valence-corrected chi connectivity index (χ1v) is 7.54. The Hall–Kier alpha value is -1.10. The van der Waals surface area contributed by atoms with Gasteiger partial charge >= 0.3 is 0 Å². The smallest absolute Gasteiger partial charge is 0.125 e. The van der Waals surface area contributed by atoms with Crippen molar-refractivity contribution in [3.63, 3.8) is 0 Å². The maximum atomic E-state index is 6.31. The largest absolute Gasteiger partial charge is 0.487 e. The van der Waals surface area contributed by atoms with Gasteiger partial charge in [-0.2, -0.15) is 0 Å². The summed E-state index contributed by atoms with van der Waals surface area (Å²) in [7, 11) is 0. The maximum absolute atomic E-state index is 6.31. The van der Waals surface area contributed by atoms with Gasteiger partial charge in [0.25, 0.3) is 0 Å². The average Bonchev–Trinajstić information content (AvgIpc) is 2.60. The number of likely N-dealkylation sites (tertiary alicyclic amines) is 1. The van der Waals surface area contributed by atoms with Crippen LogP contribution in [-0.4, -0.2) is 42.8 Å². The summed E-state index contributed by atoms with van der Waals surface area (Å²) in [6, 6.07) is 8.19. The molecule has 110 valence electrons. The van der Waals surface area contributed by atoms with E-state index in [0.717, 1.165) is 50.3 Å². The molecule has 4 nitrogen and oxygen atoms in total. The fourth-order valence-corrected chi connectivity index (χ4v) is 3.26. The highest BCUT2D eigenvalue weighted by atomic mass is 16.6. The Morgan fingerprint density at radius 2 is 2.05 bits per heavy atom. The van der Waals surface area contributed by atoms with E-state index in [9.17, 15) is 0 Å². The van der Waals surface area contributed by atoms with Gasteiger partial charge in [0.05, 0.1) is 6.61 Å². The third-order valence-electron chi connectivity index (χ3n) is 4.68. The van der Waals surface area contributed by atoms with E-state index in [1.54, 1.807) is 0 Å². The topological polar surface area (TPSA) is 47.7 Å². The molecule has 1 saturated heterocycles. The molecule has 1 unspecified atom stereocenters. The molecule has 1 aromatic carbocycles. The Morgan fingerprint density at radius 3 is 2.80 bits per heavy atom. The molecule has 0 bridgehead atoms. The van der Waals surface area contributed by atoms with Crippen LogP contribution in [0.15, 0.2) is 24.3 Å². The Labute approximate surface area is 120 Å². The van der Waals surface area contributed by atoms with Crippen LogP contribution >= 0.6 is 0 Å². The normalized spacial score (nSPS) is 25.8. The van der Waals surface area contributed by atoms with Gasteiger partial charge in [-0.3, -0.25) is 0 Å². The molecule has 0 aliphatic carbocycles. The number of nitrogens with zero attached hydrogens (tertiary/aromatic N) is 1. The van der Waals surface area contributed by atoms with Crippen LogP contribution in [0.5, 0.6) is 5.75 Å². The van der Waals surface area contributed by atoms with E-state index in [2.05, 4.69) is 17.9 Å². The van der Waals surface area contributed by atoms with Crippen molar-refractivity contribution >= 4 is 0 Å². The van der Waals surface area contributed by atoms with E-state index in [0.29, 0.717) is 6.61 Å². The van der Waals surface area contributed by atoms with E-state index in [1.807, 2.05) is 18.2 Å². The molecule has 4 heteroatoms. The first kappa shape index (κ1) is 13.9. The summed E-state index contributed by atoms with van der Waals surface area (Å²) < 4.78 is 12.5. The van der Waals surface area contributed by atoms with Crippen LogP contribution in [-0.2, 0) is 11.3 Å². The van der Waals surface area contributed by atoms with Gasteiger partial charge in [-0.25, -0.2) is 0 Å². The Kier molecular flexibility index (Phi) is 3.96. The van der Waals surface area contributed by atoms with Crippen LogP contribution in [0.3, 0.4) is 0 Å². The first-order valence-electron chi connectivity index (χ1n) is 7.54. The highest BCUT2D eigenvalue weighted by Gasteiger charge is 2.43. The number of piperidine rings is 1. The van der Waals surface area contributed by atoms with Gasteiger partial charge in [-0.15, -0.1) is 0 Å². The minimum Gasteiger partial charge on any atom is -0.487 e. The monoisotopic (exact) mass is 276 g/mol. The van der Waals surface area contributed by atoms with Gasteiger partial charge in [0.2, 0.25) is 0 Å². The molecule has 0 aromatic heterocycles. The molecule has 0 saturated carbocycles. The number of fused-ring (bicyclic) bond motifs is 1. The van der Waals surface area contributed by atoms with E-state index in [-0.39, 0.29) is 11.7 Å². The lowest BCUT2D eigenvalue weighted by molar-refractivity contribution is -0.135. The van der Waals surface area contributed by atoms with Gasteiger partial charge < -0.3 is 20.1 Å². The third-order valence-corrected chi connectivity index (χ3v) is 4.68. The van der Waals surface area contributed by atoms with E-state index in [1.165, 1.54) is 0 Å². The second-order valence-corrected chi connectivity index (χ2v) is 5.85. The van der Waals surface area contributed by atoms with Crippen molar-refractivity contribution in [2.45, 2.75) is 38.1 Å². The van der Waals surface area contributed by atoms with E-state index in [4.69, 9.17) is 15.2 Å². The van der Waals surface area contributed by atoms with E-state index < -0.39 is 0 Å². The molecule has 1 fully saturated rings. The van der Waals surface area contributed by atoms with Crippen LogP contribution in [0.1, 0.15) is 25.3 Å². The highest BCUT2D eigenvalue weighted by molar-refractivity contribution is 5.34. The molecule has 2 aliphatic heterocycles. The fraction of sp³-hybridized carbons (Fsp3) is 0.625. The molecule has 1 spiro atoms. The Balaban J connectivity index is 1.73. The lowest BCUT2D eigenvalue weighted by atomic mass is 9.86. The lowest BCUT2D eigenvalue weighted by Gasteiger charge is -2.43. The summed E-state index contributed by atoms with van der Waals surface area (Å²) >= 11 is 0. The zero-order valence-corrected chi connectivity index (χ0v) is 12.2. The quantitative estimate of drug-likeness (QED) is 0.894. The summed E-state index contributed by atoms with van der Waals surface area (Å²) in [5.41, 5.74) is 6.65. The molecule has 1 atom stereocenters. The number of para-hydroxylation sites is 1. The minimum absolute atomic E-state index is 0.0891. The van der Waals surface area contributed by atoms with Crippen LogP contribution in [0.4, 0.5) is 0 Å². The first-order chi connectivity index (χ1) is 9.73.